The number of amides is 1. The summed E-state index contributed by atoms with van der Waals surface area (Å²) in [6.07, 6.45) is -0.567. The van der Waals surface area contributed by atoms with E-state index in [0.29, 0.717) is 0 Å². The molecule has 0 saturated carbocycles. The molecule has 0 atom stereocenters. The van der Waals surface area contributed by atoms with Gasteiger partial charge in [0, 0.05) is 0 Å². The van der Waals surface area contributed by atoms with Gasteiger partial charge in [-0.15, -0.1) is 0 Å². The average Bonchev–Trinajstić information content (AvgIpc) is 2.78. The molecule has 0 aliphatic carbocycles. The average molecular weight is 276 g/mol. The van der Waals surface area contributed by atoms with Crippen molar-refractivity contribution >= 4 is 22.0 Å². The smallest absolute Gasteiger partial charge is 0.418 e. The van der Waals surface area contributed by atoms with Crippen molar-refractivity contribution in [2.45, 2.75) is 5.03 Å². The Labute approximate surface area is 101 Å². The predicted molar refractivity (Wildman–Crippen MR) is 55.4 cm³/mol. The second-order valence-corrected chi connectivity index (χ2v) is 4.72. The van der Waals surface area contributed by atoms with Crippen LogP contribution in [0.3, 0.4) is 0 Å². The highest BCUT2D eigenvalue weighted by atomic mass is 32.2. The maximum Gasteiger partial charge on any atom is 0.418 e. The molecule has 0 aromatic carbocycles. The fourth-order valence-electron chi connectivity index (χ4n) is 1.23. The summed E-state index contributed by atoms with van der Waals surface area (Å²) in [5.41, 5.74) is -0.0107. The van der Waals surface area contributed by atoms with Gasteiger partial charge >= 0.3 is 6.09 Å². The zero-order valence-corrected chi connectivity index (χ0v) is 9.60. The molecule has 0 saturated heterocycles. The molecule has 0 radical (unpaired) electrons. The normalized spacial score (nSPS) is 15.2. The molecule has 0 bridgehead atoms. The predicted octanol–water partition coefficient (Wildman–Crippen LogP) is -0.926. The van der Waals surface area contributed by atoms with Crippen LogP contribution < -0.4 is 4.72 Å². The van der Waals surface area contributed by atoms with E-state index < -0.39 is 21.1 Å². The van der Waals surface area contributed by atoms with E-state index in [9.17, 15) is 13.2 Å². The number of rotatable bonds is 3. The van der Waals surface area contributed by atoms with Gasteiger partial charge in [0.2, 0.25) is 0 Å². The molecule has 10 nitrogen and oxygen atoms in total. The highest BCUT2D eigenvalue weighted by molar-refractivity contribution is 7.90. The van der Waals surface area contributed by atoms with Gasteiger partial charge in [0.15, 0.2) is 11.6 Å². The van der Waals surface area contributed by atoms with E-state index in [-0.39, 0.29) is 24.7 Å². The van der Waals surface area contributed by atoms with Crippen LogP contribution in [-0.2, 0) is 19.6 Å². The second kappa shape index (κ2) is 4.52. The van der Waals surface area contributed by atoms with Crippen molar-refractivity contribution in [3.05, 3.63) is 11.8 Å². The molecule has 0 spiro atoms. The van der Waals surface area contributed by atoms with Crippen LogP contribution in [0.15, 0.2) is 16.4 Å². The fourth-order valence-corrected chi connectivity index (χ4v) is 2.16. The fraction of sp³-hybridized carbons (Fsp3) is 0.286. The molecule has 18 heavy (non-hydrogen) atoms. The first-order valence-corrected chi connectivity index (χ1v) is 6.11. The van der Waals surface area contributed by atoms with E-state index in [2.05, 4.69) is 15.4 Å². The Morgan fingerprint density at radius 3 is 2.89 bits per heavy atom. The van der Waals surface area contributed by atoms with Crippen molar-refractivity contribution in [3.8, 4) is 0 Å². The van der Waals surface area contributed by atoms with Gasteiger partial charge in [0.1, 0.15) is 6.61 Å². The Morgan fingerprint density at radius 2 is 2.28 bits per heavy atom. The Bertz CT molecular complexity index is 591. The molecule has 0 unspecified atom stereocenters. The number of oxime groups is 1. The van der Waals surface area contributed by atoms with Gasteiger partial charge in [0.05, 0.1) is 11.8 Å². The van der Waals surface area contributed by atoms with E-state index in [1.165, 1.54) is 4.72 Å². The first-order chi connectivity index (χ1) is 8.50. The number of aromatic amines is 1. The molecular weight excluding hydrogens is 268 g/mol. The third-order valence-corrected chi connectivity index (χ3v) is 3.18. The maximum absolute atomic E-state index is 11.7. The molecule has 0 fully saturated rings. The van der Waals surface area contributed by atoms with Crippen molar-refractivity contribution in [1.82, 2.24) is 14.9 Å². The number of carboxylic acid groups (broad SMARTS) is 1. The third kappa shape index (κ3) is 2.34. The number of nitrogens with zero attached hydrogens (tertiary/aromatic N) is 2. The SMILES string of the molecule is O=C(O)NS(=O)(=O)c1[nH]ncc1C1=NOCCO1. The van der Waals surface area contributed by atoms with Gasteiger partial charge in [0.25, 0.3) is 15.9 Å². The summed E-state index contributed by atoms with van der Waals surface area (Å²) in [4.78, 5) is 15.1. The quantitative estimate of drug-likeness (QED) is 0.647. The Balaban J connectivity index is 2.39. The van der Waals surface area contributed by atoms with Crippen LogP contribution in [-0.4, -0.2) is 48.9 Å². The summed E-state index contributed by atoms with van der Waals surface area (Å²) < 4.78 is 29.8. The van der Waals surface area contributed by atoms with Crippen LogP contribution in [0.4, 0.5) is 4.79 Å². The topological polar surface area (TPSA) is 143 Å². The Kier molecular flexibility index (Phi) is 3.06. The number of aromatic nitrogens is 2. The molecule has 2 heterocycles. The second-order valence-electron chi connectivity index (χ2n) is 3.10. The lowest BCUT2D eigenvalue weighted by molar-refractivity contribution is 0.0653. The molecule has 1 aliphatic heterocycles. The van der Waals surface area contributed by atoms with Crippen LogP contribution in [0.25, 0.3) is 0 Å². The number of nitrogens with one attached hydrogen (secondary N) is 2. The number of hydrogen-bond acceptors (Lipinski definition) is 7. The minimum Gasteiger partial charge on any atom is -0.471 e. The monoisotopic (exact) mass is 276 g/mol. The molecule has 3 N–H and O–H groups in total. The summed E-state index contributed by atoms with van der Waals surface area (Å²) in [7, 11) is -4.28. The van der Waals surface area contributed by atoms with Gasteiger partial charge in [-0.1, -0.05) is 0 Å². The maximum atomic E-state index is 11.7. The summed E-state index contributed by atoms with van der Waals surface area (Å²) in [5.74, 6) is -0.0826. The van der Waals surface area contributed by atoms with Crippen LogP contribution in [0, 0.1) is 0 Å². The van der Waals surface area contributed by atoms with E-state index in [4.69, 9.17) is 14.7 Å². The lowest BCUT2D eigenvalue weighted by Crippen LogP contribution is -2.30. The molecule has 1 aliphatic rings. The zero-order chi connectivity index (χ0) is 13.2. The van der Waals surface area contributed by atoms with Crippen molar-refractivity contribution in [1.29, 1.82) is 0 Å². The number of H-pyrrole nitrogens is 1. The summed E-state index contributed by atoms with van der Waals surface area (Å²) in [6, 6.07) is 0. The number of carbonyl (C=O) groups is 1. The van der Waals surface area contributed by atoms with E-state index >= 15 is 0 Å². The van der Waals surface area contributed by atoms with Crippen molar-refractivity contribution in [2.24, 2.45) is 5.16 Å². The number of sulfonamides is 1. The molecule has 1 aromatic heterocycles. The lowest BCUT2D eigenvalue weighted by Gasteiger charge is -2.13. The molecule has 2 rings (SSSR count). The lowest BCUT2D eigenvalue weighted by atomic mass is 10.3. The summed E-state index contributed by atoms with van der Waals surface area (Å²) in [6.45, 7) is 0.451. The molecular formula is C7H8N4O6S. The minimum absolute atomic E-state index is 0.0107. The van der Waals surface area contributed by atoms with E-state index in [1.807, 2.05) is 0 Å². The first kappa shape index (κ1) is 12.2. The molecule has 98 valence electrons. The summed E-state index contributed by atoms with van der Waals surface area (Å²) in [5, 5.41) is 17.2. The van der Waals surface area contributed by atoms with Crippen molar-refractivity contribution < 1.29 is 27.9 Å². The van der Waals surface area contributed by atoms with Crippen LogP contribution >= 0.6 is 0 Å². The Morgan fingerprint density at radius 1 is 1.50 bits per heavy atom. The zero-order valence-electron chi connectivity index (χ0n) is 8.78. The minimum atomic E-state index is -4.28. The van der Waals surface area contributed by atoms with Crippen molar-refractivity contribution in [2.75, 3.05) is 13.2 Å². The van der Waals surface area contributed by atoms with Gasteiger partial charge in [-0.3, -0.25) is 5.10 Å². The van der Waals surface area contributed by atoms with Crippen LogP contribution in [0.2, 0.25) is 0 Å². The van der Waals surface area contributed by atoms with E-state index in [0.717, 1.165) is 6.20 Å². The van der Waals surface area contributed by atoms with E-state index in [1.54, 1.807) is 0 Å². The van der Waals surface area contributed by atoms with Crippen LogP contribution in [0.1, 0.15) is 5.56 Å². The van der Waals surface area contributed by atoms with Gasteiger partial charge < -0.3 is 14.7 Å². The van der Waals surface area contributed by atoms with Gasteiger partial charge in [-0.05, 0) is 5.16 Å². The standard InChI is InChI=1S/C7H8N4O6S/c12-7(13)11-18(14,15)6-4(3-8-9-6)5-10-17-2-1-16-5/h3,11H,1-2H2,(H,8,9)(H,12,13). The van der Waals surface area contributed by atoms with Gasteiger partial charge in [-0.25, -0.2) is 9.52 Å². The molecule has 11 heteroatoms. The molecule has 1 aromatic rings. The molecule has 1 amide bonds. The van der Waals surface area contributed by atoms with Crippen LogP contribution in [0.5, 0.6) is 0 Å². The number of ether oxygens (including phenoxy) is 1. The highest BCUT2D eigenvalue weighted by Crippen LogP contribution is 2.15. The number of hydrogen-bond donors (Lipinski definition) is 3. The highest BCUT2D eigenvalue weighted by Gasteiger charge is 2.27. The van der Waals surface area contributed by atoms with Crippen molar-refractivity contribution in [3.63, 3.8) is 0 Å². The largest absolute Gasteiger partial charge is 0.471 e. The Hall–Kier alpha value is -2.30. The first-order valence-electron chi connectivity index (χ1n) is 4.63. The third-order valence-electron chi connectivity index (χ3n) is 1.89. The van der Waals surface area contributed by atoms with Gasteiger partial charge in [-0.2, -0.15) is 13.5 Å². The summed E-state index contributed by atoms with van der Waals surface area (Å²) >= 11 is 0.